The lowest BCUT2D eigenvalue weighted by Crippen LogP contribution is -2.52. The van der Waals surface area contributed by atoms with Crippen molar-refractivity contribution in [3.63, 3.8) is 0 Å². The molecule has 2 N–H and O–H groups in total. The van der Waals surface area contributed by atoms with E-state index in [1.807, 2.05) is 37.8 Å². The summed E-state index contributed by atoms with van der Waals surface area (Å²) in [6, 6.07) is 0.237. The van der Waals surface area contributed by atoms with E-state index >= 15 is 0 Å². The Morgan fingerprint density at radius 2 is 2.20 bits per heavy atom. The van der Waals surface area contributed by atoms with Crippen LogP contribution in [0, 0.1) is 0 Å². The Balaban J connectivity index is 1.87. The normalized spacial score (nSPS) is 17.8. The molecule has 1 aliphatic rings. The third-order valence-corrected chi connectivity index (χ3v) is 3.43. The molecule has 1 atom stereocenters. The maximum absolute atomic E-state index is 11.8. The minimum absolute atomic E-state index is 0.237. The zero-order valence-corrected chi connectivity index (χ0v) is 12.7. The molecule has 1 aliphatic heterocycles. The van der Waals surface area contributed by atoms with Crippen molar-refractivity contribution in [3.8, 4) is 0 Å². The molecule has 0 spiro atoms. The van der Waals surface area contributed by atoms with Gasteiger partial charge in [0, 0.05) is 19.3 Å². The Labute approximate surface area is 119 Å². The van der Waals surface area contributed by atoms with E-state index in [1.54, 1.807) is 4.90 Å². The molecule has 1 amide bonds. The second-order valence-corrected chi connectivity index (χ2v) is 6.43. The molecule has 2 rings (SSSR count). The lowest BCUT2D eigenvalue weighted by atomic mass is 10.1. The molecule has 2 heterocycles. The van der Waals surface area contributed by atoms with E-state index in [0.29, 0.717) is 25.6 Å². The predicted octanol–water partition coefficient (Wildman–Crippen LogP) is 1.74. The fourth-order valence-electron chi connectivity index (χ4n) is 2.04. The van der Waals surface area contributed by atoms with Crippen molar-refractivity contribution in [3.05, 3.63) is 18.0 Å². The van der Waals surface area contributed by atoms with Crippen LogP contribution in [0.1, 0.15) is 45.2 Å². The van der Waals surface area contributed by atoms with Gasteiger partial charge in [-0.3, -0.25) is 4.68 Å². The Morgan fingerprint density at radius 1 is 1.55 bits per heavy atom. The Kier molecular flexibility index (Phi) is 4.04. The van der Waals surface area contributed by atoms with Crippen molar-refractivity contribution in [2.24, 2.45) is 5.73 Å². The first-order valence-corrected chi connectivity index (χ1v) is 7.02. The standard InChI is InChI=1S/C14H24N4O2/c1-10(5-15)11-6-16-18(7-11)12-8-17(9-12)13(19)20-14(2,3)4/h6-7,10,12H,5,8-9,15H2,1-4H3. The number of nitrogens with two attached hydrogens (primary N) is 1. The highest BCUT2D eigenvalue weighted by Gasteiger charge is 2.35. The van der Waals surface area contributed by atoms with Gasteiger partial charge in [-0.2, -0.15) is 5.10 Å². The van der Waals surface area contributed by atoms with Crippen LogP contribution in [0.4, 0.5) is 4.79 Å². The molecule has 0 saturated carbocycles. The molecular formula is C14H24N4O2. The van der Waals surface area contributed by atoms with Gasteiger partial charge in [0.25, 0.3) is 0 Å². The minimum Gasteiger partial charge on any atom is -0.444 e. The highest BCUT2D eigenvalue weighted by molar-refractivity contribution is 5.69. The van der Waals surface area contributed by atoms with Gasteiger partial charge >= 0.3 is 6.09 Å². The number of carbonyl (C=O) groups is 1. The molecule has 1 aromatic rings. The molecule has 1 fully saturated rings. The number of ether oxygens (including phenoxy) is 1. The molecule has 0 radical (unpaired) electrons. The zero-order chi connectivity index (χ0) is 14.9. The number of rotatable bonds is 3. The molecule has 112 valence electrons. The SMILES string of the molecule is CC(CN)c1cnn(C2CN(C(=O)OC(C)(C)C)C2)c1. The number of hydrogen-bond acceptors (Lipinski definition) is 4. The van der Waals surface area contributed by atoms with Crippen molar-refractivity contribution >= 4 is 6.09 Å². The molecule has 1 saturated heterocycles. The molecule has 1 aromatic heterocycles. The van der Waals surface area contributed by atoms with E-state index in [4.69, 9.17) is 10.5 Å². The van der Waals surface area contributed by atoms with E-state index in [0.717, 1.165) is 5.56 Å². The monoisotopic (exact) mass is 280 g/mol. The van der Waals surface area contributed by atoms with Gasteiger partial charge in [0.2, 0.25) is 0 Å². The van der Waals surface area contributed by atoms with E-state index in [2.05, 4.69) is 12.0 Å². The van der Waals surface area contributed by atoms with Crippen molar-refractivity contribution < 1.29 is 9.53 Å². The van der Waals surface area contributed by atoms with Crippen LogP contribution in [0.3, 0.4) is 0 Å². The number of hydrogen-bond donors (Lipinski definition) is 1. The van der Waals surface area contributed by atoms with Crippen LogP contribution in [-0.2, 0) is 4.74 Å². The van der Waals surface area contributed by atoms with Crippen LogP contribution in [-0.4, -0.2) is 46.0 Å². The van der Waals surface area contributed by atoms with E-state index in [1.165, 1.54) is 0 Å². The molecule has 6 nitrogen and oxygen atoms in total. The van der Waals surface area contributed by atoms with Crippen LogP contribution in [0.25, 0.3) is 0 Å². The van der Waals surface area contributed by atoms with Gasteiger partial charge in [-0.25, -0.2) is 4.79 Å². The first-order valence-electron chi connectivity index (χ1n) is 7.02. The van der Waals surface area contributed by atoms with Crippen molar-refractivity contribution in [1.29, 1.82) is 0 Å². The van der Waals surface area contributed by atoms with Gasteiger partial charge in [0.05, 0.1) is 12.2 Å². The lowest BCUT2D eigenvalue weighted by Gasteiger charge is -2.39. The predicted molar refractivity (Wildman–Crippen MR) is 76.5 cm³/mol. The van der Waals surface area contributed by atoms with Gasteiger partial charge in [-0.05, 0) is 38.8 Å². The van der Waals surface area contributed by atoms with Crippen LogP contribution in [0.2, 0.25) is 0 Å². The quantitative estimate of drug-likeness (QED) is 0.915. The Morgan fingerprint density at radius 3 is 2.75 bits per heavy atom. The van der Waals surface area contributed by atoms with Crippen LogP contribution in [0.5, 0.6) is 0 Å². The molecule has 6 heteroatoms. The minimum atomic E-state index is -0.447. The molecule has 1 unspecified atom stereocenters. The average molecular weight is 280 g/mol. The van der Waals surface area contributed by atoms with E-state index < -0.39 is 5.60 Å². The maximum atomic E-state index is 11.8. The highest BCUT2D eigenvalue weighted by Crippen LogP contribution is 2.24. The average Bonchev–Trinajstić information content (AvgIpc) is 2.72. The Hall–Kier alpha value is -1.56. The molecule has 0 bridgehead atoms. The summed E-state index contributed by atoms with van der Waals surface area (Å²) in [4.78, 5) is 13.5. The summed E-state index contributed by atoms with van der Waals surface area (Å²) in [5.41, 5.74) is 6.35. The molecule has 0 aromatic carbocycles. The topological polar surface area (TPSA) is 73.4 Å². The van der Waals surface area contributed by atoms with Gasteiger partial charge in [0.1, 0.15) is 5.60 Å². The third kappa shape index (κ3) is 3.30. The first kappa shape index (κ1) is 14.8. The second kappa shape index (κ2) is 5.44. The number of likely N-dealkylation sites (tertiary alicyclic amines) is 1. The molecule has 20 heavy (non-hydrogen) atoms. The zero-order valence-electron chi connectivity index (χ0n) is 12.7. The highest BCUT2D eigenvalue weighted by atomic mass is 16.6. The first-order chi connectivity index (χ1) is 9.30. The van der Waals surface area contributed by atoms with E-state index in [9.17, 15) is 4.79 Å². The molecular weight excluding hydrogens is 256 g/mol. The summed E-state index contributed by atoms with van der Waals surface area (Å²) in [6.45, 7) is 9.60. The summed E-state index contributed by atoms with van der Waals surface area (Å²) < 4.78 is 7.25. The van der Waals surface area contributed by atoms with E-state index in [-0.39, 0.29) is 12.1 Å². The number of carbonyl (C=O) groups excluding carboxylic acids is 1. The van der Waals surface area contributed by atoms with Crippen LogP contribution < -0.4 is 5.73 Å². The number of aromatic nitrogens is 2. The summed E-state index contributed by atoms with van der Waals surface area (Å²) in [6.07, 6.45) is 3.62. The third-order valence-electron chi connectivity index (χ3n) is 3.43. The maximum Gasteiger partial charge on any atom is 0.410 e. The van der Waals surface area contributed by atoms with Gasteiger partial charge < -0.3 is 15.4 Å². The van der Waals surface area contributed by atoms with Crippen LogP contribution in [0.15, 0.2) is 12.4 Å². The van der Waals surface area contributed by atoms with Crippen LogP contribution >= 0.6 is 0 Å². The number of amides is 1. The largest absolute Gasteiger partial charge is 0.444 e. The Bertz CT molecular complexity index is 472. The summed E-state index contributed by atoms with van der Waals surface area (Å²) >= 11 is 0. The summed E-state index contributed by atoms with van der Waals surface area (Å²) in [7, 11) is 0. The lowest BCUT2D eigenvalue weighted by molar-refractivity contribution is -0.000397. The fraction of sp³-hybridized carbons (Fsp3) is 0.714. The summed E-state index contributed by atoms with van der Waals surface area (Å²) in [5.74, 6) is 0.311. The van der Waals surface area contributed by atoms with Crippen molar-refractivity contribution in [2.75, 3.05) is 19.6 Å². The van der Waals surface area contributed by atoms with Gasteiger partial charge in [-0.1, -0.05) is 6.92 Å². The number of nitrogens with zero attached hydrogens (tertiary/aromatic N) is 3. The van der Waals surface area contributed by atoms with Gasteiger partial charge in [0.15, 0.2) is 0 Å². The van der Waals surface area contributed by atoms with Crippen molar-refractivity contribution in [1.82, 2.24) is 14.7 Å². The smallest absolute Gasteiger partial charge is 0.410 e. The van der Waals surface area contributed by atoms with Gasteiger partial charge in [-0.15, -0.1) is 0 Å². The van der Waals surface area contributed by atoms with Crippen molar-refractivity contribution in [2.45, 2.75) is 45.3 Å². The second-order valence-electron chi connectivity index (χ2n) is 6.43. The fourth-order valence-corrected chi connectivity index (χ4v) is 2.04. The molecule has 0 aliphatic carbocycles. The summed E-state index contributed by atoms with van der Waals surface area (Å²) in [5, 5.41) is 4.36.